The molecule has 1 saturated heterocycles. The number of benzene rings is 2. The predicted molar refractivity (Wildman–Crippen MR) is 149 cm³/mol. The molecule has 0 spiro atoms. The molecule has 40 heavy (non-hydrogen) atoms. The van der Waals surface area contributed by atoms with Gasteiger partial charge in [0.1, 0.15) is 12.3 Å². The van der Waals surface area contributed by atoms with E-state index in [4.69, 9.17) is 18.6 Å². The molecule has 0 radical (unpaired) electrons. The first-order valence-corrected chi connectivity index (χ1v) is 13.7. The first-order chi connectivity index (χ1) is 19.5. The maximum absolute atomic E-state index is 13.8. The quantitative estimate of drug-likeness (QED) is 0.385. The Morgan fingerprint density at radius 3 is 2.58 bits per heavy atom. The Balaban J connectivity index is 1.30. The van der Waals surface area contributed by atoms with Gasteiger partial charge in [-0.1, -0.05) is 24.3 Å². The van der Waals surface area contributed by atoms with Crippen LogP contribution in [0.5, 0.6) is 11.5 Å². The minimum atomic E-state index is -0.300. The third-order valence-electron chi connectivity index (χ3n) is 7.10. The number of para-hydroxylation sites is 1. The number of fused-ring (bicyclic) bond motifs is 1. The van der Waals surface area contributed by atoms with Gasteiger partial charge in [0.25, 0.3) is 0 Å². The van der Waals surface area contributed by atoms with Gasteiger partial charge >= 0.3 is 6.03 Å². The molecule has 1 aromatic heterocycles. The van der Waals surface area contributed by atoms with Gasteiger partial charge in [-0.15, -0.1) is 0 Å². The molecule has 3 amide bonds. The topological polar surface area (TPSA) is 96.7 Å². The van der Waals surface area contributed by atoms with Gasteiger partial charge in [-0.2, -0.15) is 0 Å². The fraction of sp³-hybridized carbons (Fsp3) is 0.400. The number of nitrogens with one attached hydrogen (secondary N) is 1. The van der Waals surface area contributed by atoms with E-state index in [-0.39, 0.29) is 31.8 Å². The van der Waals surface area contributed by atoms with E-state index >= 15 is 0 Å². The molecule has 0 saturated carbocycles. The van der Waals surface area contributed by atoms with Crippen molar-refractivity contribution in [3.63, 3.8) is 0 Å². The molecule has 1 N–H and O–H groups in total. The van der Waals surface area contributed by atoms with E-state index < -0.39 is 0 Å². The summed E-state index contributed by atoms with van der Waals surface area (Å²) in [6.45, 7) is 7.14. The summed E-state index contributed by atoms with van der Waals surface area (Å²) in [5.41, 5.74) is 2.58. The lowest BCUT2D eigenvalue weighted by atomic mass is 10.2. The number of carbonyl (C=O) groups is 2. The predicted octanol–water partition coefficient (Wildman–Crippen LogP) is 4.10. The van der Waals surface area contributed by atoms with E-state index in [0.717, 1.165) is 56.1 Å². The summed E-state index contributed by atoms with van der Waals surface area (Å²) in [5.74, 6) is 1.83. The van der Waals surface area contributed by atoms with E-state index in [9.17, 15) is 9.59 Å². The lowest BCUT2D eigenvalue weighted by Gasteiger charge is -2.30. The fourth-order valence-electron chi connectivity index (χ4n) is 4.82. The van der Waals surface area contributed by atoms with E-state index in [0.29, 0.717) is 30.3 Å². The zero-order chi connectivity index (χ0) is 27.7. The fourth-order valence-corrected chi connectivity index (χ4v) is 4.82. The van der Waals surface area contributed by atoms with Crippen molar-refractivity contribution in [2.45, 2.75) is 26.4 Å². The van der Waals surface area contributed by atoms with Gasteiger partial charge in [-0.25, -0.2) is 4.79 Å². The molecule has 10 nitrogen and oxygen atoms in total. The number of carbonyl (C=O) groups excluding carboxylic acids is 2. The Labute approximate surface area is 234 Å². The maximum Gasteiger partial charge on any atom is 0.322 e. The monoisotopic (exact) mass is 548 g/mol. The van der Waals surface area contributed by atoms with Gasteiger partial charge in [0.2, 0.25) is 12.7 Å². The first kappa shape index (κ1) is 27.5. The van der Waals surface area contributed by atoms with Crippen LogP contribution in [0.1, 0.15) is 23.3 Å². The summed E-state index contributed by atoms with van der Waals surface area (Å²) >= 11 is 0. The largest absolute Gasteiger partial charge is 0.467 e. The number of nitrogens with zero attached hydrogens (tertiary/aromatic N) is 3. The summed E-state index contributed by atoms with van der Waals surface area (Å²) in [4.78, 5) is 32.9. The van der Waals surface area contributed by atoms with E-state index in [1.165, 1.54) is 0 Å². The van der Waals surface area contributed by atoms with Crippen LogP contribution in [0, 0.1) is 6.92 Å². The van der Waals surface area contributed by atoms with Crippen LogP contribution in [0.2, 0.25) is 0 Å². The van der Waals surface area contributed by atoms with Crippen LogP contribution in [0.3, 0.4) is 0 Å². The molecule has 2 aliphatic heterocycles. The van der Waals surface area contributed by atoms with Gasteiger partial charge in [0.05, 0.1) is 26.0 Å². The number of urea groups is 1. The van der Waals surface area contributed by atoms with Crippen molar-refractivity contribution >= 4 is 17.6 Å². The molecule has 1 fully saturated rings. The molecule has 10 heteroatoms. The van der Waals surface area contributed by atoms with Crippen molar-refractivity contribution in [3.05, 3.63) is 77.7 Å². The van der Waals surface area contributed by atoms with Crippen molar-refractivity contribution in [2.75, 3.05) is 58.0 Å². The first-order valence-electron chi connectivity index (χ1n) is 13.7. The molecule has 0 bridgehead atoms. The number of aryl methyl sites for hydroxylation is 1. The Morgan fingerprint density at radius 1 is 0.950 bits per heavy atom. The van der Waals surface area contributed by atoms with E-state index in [1.807, 2.05) is 55.5 Å². The van der Waals surface area contributed by atoms with Crippen LogP contribution in [0.15, 0.2) is 65.3 Å². The van der Waals surface area contributed by atoms with Gasteiger partial charge in [0, 0.05) is 38.4 Å². The molecule has 3 heterocycles. The minimum Gasteiger partial charge on any atom is -0.467 e. The second kappa shape index (κ2) is 13.4. The summed E-state index contributed by atoms with van der Waals surface area (Å²) in [7, 11) is 0. The molecule has 2 aromatic carbocycles. The maximum atomic E-state index is 13.8. The summed E-state index contributed by atoms with van der Waals surface area (Å²) in [6.07, 6.45) is 2.33. The van der Waals surface area contributed by atoms with Crippen LogP contribution < -0.4 is 14.8 Å². The third kappa shape index (κ3) is 7.34. The Bertz CT molecular complexity index is 1270. The van der Waals surface area contributed by atoms with Crippen LogP contribution in [0.25, 0.3) is 0 Å². The second-order valence-electron chi connectivity index (χ2n) is 9.99. The smallest absolute Gasteiger partial charge is 0.322 e. The normalized spacial score (nSPS) is 14.6. The number of amides is 3. The zero-order valence-corrected chi connectivity index (χ0v) is 22.8. The van der Waals surface area contributed by atoms with Crippen molar-refractivity contribution in [1.82, 2.24) is 14.7 Å². The Hall–Kier alpha value is -4.02. The van der Waals surface area contributed by atoms with Gasteiger partial charge in [-0.3, -0.25) is 9.69 Å². The molecule has 3 aromatic rings. The molecule has 0 aliphatic carbocycles. The highest BCUT2D eigenvalue weighted by molar-refractivity contribution is 5.93. The van der Waals surface area contributed by atoms with Gasteiger partial charge in [-0.05, 0) is 54.8 Å². The molecule has 0 unspecified atom stereocenters. The summed E-state index contributed by atoms with van der Waals surface area (Å²) in [6, 6.07) is 16.6. The molecular formula is C30H36N4O6. The van der Waals surface area contributed by atoms with Gasteiger partial charge < -0.3 is 33.7 Å². The average Bonchev–Trinajstić information content (AvgIpc) is 3.66. The Morgan fingerprint density at radius 2 is 1.77 bits per heavy atom. The molecule has 2 aliphatic rings. The summed E-state index contributed by atoms with van der Waals surface area (Å²) in [5, 5.41) is 3.00. The number of rotatable bonds is 11. The van der Waals surface area contributed by atoms with Crippen LogP contribution >= 0.6 is 0 Å². The van der Waals surface area contributed by atoms with Crippen LogP contribution in [0.4, 0.5) is 10.5 Å². The van der Waals surface area contributed by atoms with Crippen molar-refractivity contribution in [3.8, 4) is 11.5 Å². The standard InChI is InChI=1S/C30H36N4O6/c1-23-6-2-3-8-26(23)31-30(36)33(12-5-11-32-13-16-37-17-14-32)21-29(35)34(20-25-7-4-15-38-25)19-24-9-10-27-28(18-24)40-22-39-27/h2-4,6-10,15,18H,5,11-14,16-17,19-22H2,1H3,(H,31,36). The van der Waals surface area contributed by atoms with Gasteiger partial charge in [0.15, 0.2) is 11.5 Å². The van der Waals surface area contributed by atoms with Crippen molar-refractivity contribution in [2.24, 2.45) is 0 Å². The molecule has 5 rings (SSSR count). The molecule has 212 valence electrons. The van der Waals surface area contributed by atoms with E-state index in [1.54, 1.807) is 22.1 Å². The highest BCUT2D eigenvalue weighted by atomic mass is 16.7. The highest BCUT2D eigenvalue weighted by Crippen LogP contribution is 2.33. The lowest BCUT2D eigenvalue weighted by Crippen LogP contribution is -2.45. The SMILES string of the molecule is Cc1ccccc1NC(=O)N(CCCN1CCOCC1)CC(=O)N(Cc1ccc2c(c1)OCO2)Cc1ccco1. The number of ether oxygens (including phenoxy) is 3. The van der Waals surface area contributed by atoms with Crippen molar-refractivity contribution < 1.29 is 28.2 Å². The zero-order valence-electron chi connectivity index (χ0n) is 22.8. The number of hydrogen-bond acceptors (Lipinski definition) is 7. The number of morpholine rings is 1. The van der Waals surface area contributed by atoms with E-state index in [2.05, 4.69) is 10.2 Å². The van der Waals surface area contributed by atoms with Crippen LogP contribution in [-0.2, 0) is 22.6 Å². The number of furan rings is 1. The molecule has 0 atom stereocenters. The second-order valence-corrected chi connectivity index (χ2v) is 9.99. The summed E-state index contributed by atoms with van der Waals surface area (Å²) < 4.78 is 22.0. The minimum absolute atomic E-state index is 0.0634. The number of hydrogen-bond donors (Lipinski definition) is 1. The highest BCUT2D eigenvalue weighted by Gasteiger charge is 2.24. The molecular weight excluding hydrogens is 512 g/mol. The van der Waals surface area contributed by atoms with Crippen LogP contribution in [-0.4, -0.2) is 79.4 Å². The lowest BCUT2D eigenvalue weighted by molar-refractivity contribution is -0.133. The average molecular weight is 549 g/mol. The number of anilines is 1. The Kier molecular flexibility index (Phi) is 9.20. The third-order valence-corrected chi connectivity index (χ3v) is 7.10. The van der Waals surface area contributed by atoms with Crippen molar-refractivity contribution in [1.29, 1.82) is 0 Å².